The van der Waals surface area contributed by atoms with Gasteiger partial charge in [-0.2, -0.15) is 0 Å². The number of fused-ring (bicyclic) bond motifs is 3. The zero-order chi connectivity index (χ0) is 22.3. The van der Waals surface area contributed by atoms with Gasteiger partial charge in [-0.05, 0) is 24.1 Å². The standard InChI is InChI=1S/C26H28N3O3/c1-18(24-27-14-8-15-28-24)29(2)16-7-9-19(29)17-32-25(30)26(31)22-12-5-3-10-20(22)21-11-4-6-13-23(21)26/h3-6,8,10-15,18-19,31H,7,9,16-17H2,1-2H3/q+1/t18?,19?,29-/m1/s1. The highest BCUT2D eigenvalue weighted by Crippen LogP contribution is 2.48. The Morgan fingerprint density at radius 1 is 1.09 bits per heavy atom. The second kappa shape index (κ2) is 7.80. The van der Waals surface area contributed by atoms with E-state index in [1.165, 1.54) is 0 Å². The van der Waals surface area contributed by atoms with Crippen molar-refractivity contribution in [2.45, 2.75) is 37.5 Å². The van der Waals surface area contributed by atoms with E-state index >= 15 is 0 Å². The van der Waals surface area contributed by atoms with E-state index in [-0.39, 0.29) is 18.7 Å². The van der Waals surface area contributed by atoms with Crippen molar-refractivity contribution in [2.24, 2.45) is 0 Å². The average Bonchev–Trinajstić information content (AvgIpc) is 3.35. The molecule has 0 spiro atoms. The van der Waals surface area contributed by atoms with Gasteiger partial charge < -0.3 is 14.3 Å². The number of likely N-dealkylation sites (N-methyl/N-ethyl adjacent to an activating group) is 1. The normalized spacial score (nSPS) is 23.9. The Labute approximate surface area is 188 Å². The van der Waals surface area contributed by atoms with Gasteiger partial charge in [0.1, 0.15) is 18.7 Å². The van der Waals surface area contributed by atoms with Gasteiger partial charge in [-0.3, -0.25) is 0 Å². The molecule has 2 aliphatic rings. The highest BCUT2D eigenvalue weighted by atomic mass is 16.6. The summed E-state index contributed by atoms with van der Waals surface area (Å²) in [5, 5.41) is 11.7. The van der Waals surface area contributed by atoms with Crippen molar-refractivity contribution in [1.29, 1.82) is 0 Å². The largest absolute Gasteiger partial charge is 0.457 e. The fourth-order valence-electron chi connectivity index (χ4n) is 5.41. The van der Waals surface area contributed by atoms with Crippen molar-refractivity contribution < 1.29 is 19.1 Å². The van der Waals surface area contributed by atoms with Crippen molar-refractivity contribution >= 4 is 5.97 Å². The second-order valence-electron chi connectivity index (χ2n) is 9.05. The number of aromatic nitrogens is 2. The maximum atomic E-state index is 13.4. The van der Waals surface area contributed by atoms with Crippen molar-refractivity contribution in [3.8, 4) is 11.1 Å². The molecule has 2 unspecified atom stereocenters. The van der Waals surface area contributed by atoms with E-state index in [0.717, 1.165) is 36.3 Å². The molecule has 2 heterocycles. The lowest BCUT2D eigenvalue weighted by Gasteiger charge is -2.40. The van der Waals surface area contributed by atoms with E-state index in [4.69, 9.17) is 4.74 Å². The number of quaternary nitrogens is 1. The van der Waals surface area contributed by atoms with Gasteiger partial charge in [-0.25, -0.2) is 14.8 Å². The van der Waals surface area contributed by atoms with Gasteiger partial charge in [0.15, 0.2) is 5.82 Å². The predicted octanol–water partition coefficient (Wildman–Crippen LogP) is 3.61. The highest BCUT2D eigenvalue weighted by Gasteiger charge is 2.50. The summed E-state index contributed by atoms with van der Waals surface area (Å²) in [6.45, 7) is 3.35. The fraction of sp³-hybridized carbons (Fsp3) is 0.346. The maximum Gasteiger partial charge on any atom is 0.347 e. The van der Waals surface area contributed by atoms with E-state index < -0.39 is 11.6 Å². The minimum atomic E-state index is -1.79. The van der Waals surface area contributed by atoms with E-state index in [2.05, 4.69) is 23.9 Å². The molecule has 1 saturated heterocycles. The Kier molecular flexibility index (Phi) is 5.07. The first-order valence-corrected chi connectivity index (χ1v) is 11.2. The number of nitrogens with zero attached hydrogens (tertiary/aromatic N) is 3. The zero-order valence-electron chi connectivity index (χ0n) is 18.4. The number of carbonyl (C=O) groups excluding carboxylic acids is 1. The molecule has 1 fully saturated rings. The monoisotopic (exact) mass is 430 g/mol. The molecule has 2 aromatic carbocycles. The van der Waals surface area contributed by atoms with Crippen LogP contribution in [-0.4, -0.2) is 51.8 Å². The first kappa shape index (κ1) is 20.8. The number of benzene rings is 2. The molecule has 164 valence electrons. The van der Waals surface area contributed by atoms with Crippen molar-refractivity contribution in [2.75, 3.05) is 20.2 Å². The number of carbonyl (C=O) groups is 1. The SMILES string of the molecule is CC(c1ncccn1)[N@@+]1(C)CCCC1COC(=O)C1(O)c2ccccc2-c2ccccc21. The number of likely N-dealkylation sites (tertiary alicyclic amines) is 1. The first-order chi connectivity index (χ1) is 15.5. The molecule has 5 rings (SSSR count). The number of aliphatic hydroxyl groups is 1. The molecule has 1 N–H and O–H groups in total. The molecule has 0 radical (unpaired) electrons. The Morgan fingerprint density at radius 2 is 1.69 bits per heavy atom. The van der Waals surface area contributed by atoms with Crippen molar-refractivity contribution in [3.05, 3.63) is 83.9 Å². The second-order valence-corrected chi connectivity index (χ2v) is 9.05. The summed E-state index contributed by atoms with van der Waals surface area (Å²) >= 11 is 0. The van der Waals surface area contributed by atoms with Crippen molar-refractivity contribution in [3.63, 3.8) is 0 Å². The molecule has 6 heteroatoms. The summed E-state index contributed by atoms with van der Waals surface area (Å²) in [5.41, 5.74) is 1.13. The first-order valence-electron chi connectivity index (χ1n) is 11.2. The summed E-state index contributed by atoms with van der Waals surface area (Å²) in [6, 6.07) is 17.0. The van der Waals surface area contributed by atoms with Gasteiger partial charge in [-0.15, -0.1) is 0 Å². The van der Waals surface area contributed by atoms with Gasteiger partial charge in [0.25, 0.3) is 0 Å². The number of esters is 1. The third kappa shape index (κ3) is 3.05. The van der Waals surface area contributed by atoms with Gasteiger partial charge in [-0.1, -0.05) is 48.5 Å². The van der Waals surface area contributed by atoms with Crippen LogP contribution in [0.4, 0.5) is 0 Å². The highest BCUT2D eigenvalue weighted by molar-refractivity contribution is 5.96. The molecule has 6 nitrogen and oxygen atoms in total. The lowest BCUT2D eigenvalue weighted by atomic mass is 9.91. The van der Waals surface area contributed by atoms with Crippen LogP contribution in [0.5, 0.6) is 0 Å². The molecule has 3 atom stereocenters. The molecule has 0 bridgehead atoms. The Hall–Kier alpha value is -3.09. The Bertz CT molecular complexity index is 1100. The van der Waals surface area contributed by atoms with Crippen LogP contribution in [-0.2, 0) is 15.1 Å². The summed E-state index contributed by atoms with van der Waals surface area (Å²) in [5.74, 6) is 0.183. The third-order valence-electron chi connectivity index (χ3n) is 7.48. The number of ether oxygens (including phenoxy) is 1. The van der Waals surface area contributed by atoms with Crippen LogP contribution >= 0.6 is 0 Å². The van der Waals surface area contributed by atoms with E-state index in [0.29, 0.717) is 15.6 Å². The van der Waals surface area contributed by atoms with Crippen LogP contribution in [0.15, 0.2) is 67.0 Å². The minimum Gasteiger partial charge on any atom is -0.457 e. The maximum absolute atomic E-state index is 13.4. The number of rotatable bonds is 5. The lowest BCUT2D eigenvalue weighted by molar-refractivity contribution is -0.949. The summed E-state index contributed by atoms with van der Waals surface area (Å²) in [4.78, 5) is 22.3. The van der Waals surface area contributed by atoms with Crippen LogP contribution in [0, 0.1) is 0 Å². The molecule has 0 saturated carbocycles. The predicted molar refractivity (Wildman–Crippen MR) is 120 cm³/mol. The van der Waals surface area contributed by atoms with Gasteiger partial charge in [0.2, 0.25) is 5.60 Å². The molecule has 0 amide bonds. The third-order valence-corrected chi connectivity index (χ3v) is 7.48. The number of hydrogen-bond acceptors (Lipinski definition) is 5. The molecular weight excluding hydrogens is 402 g/mol. The Morgan fingerprint density at radius 3 is 2.31 bits per heavy atom. The van der Waals surface area contributed by atoms with Crippen LogP contribution < -0.4 is 0 Å². The van der Waals surface area contributed by atoms with Crippen LogP contribution in [0.3, 0.4) is 0 Å². The van der Waals surface area contributed by atoms with Crippen molar-refractivity contribution in [1.82, 2.24) is 9.97 Å². The molecular formula is C26H28N3O3+. The quantitative estimate of drug-likeness (QED) is 0.495. The minimum absolute atomic E-state index is 0.0819. The fourth-order valence-corrected chi connectivity index (χ4v) is 5.41. The van der Waals surface area contributed by atoms with E-state index in [9.17, 15) is 9.90 Å². The topological polar surface area (TPSA) is 72.3 Å². The summed E-state index contributed by atoms with van der Waals surface area (Å²) < 4.78 is 6.57. The molecule has 1 aliphatic heterocycles. The summed E-state index contributed by atoms with van der Waals surface area (Å²) in [6.07, 6.45) is 5.53. The van der Waals surface area contributed by atoms with E-state index in [1.807, 2.05) is 42.5 Å². The molecule has 1 aliphatic carbocycles. The number of hydrogen-bond donors (Lipinski definition) is 1. The summed E-state index contributed by atoms with van der Waals surface area (Å²) in [7, 11) is 2.18. The molecule has 32 heavy (non-hydrogen) atoms. The van der Waals surface area contributed by atoms with Crippen LogP contribution in [0.2, 0.25) is 0 Å². The van der Waals surface area contributed by atoms with Crippen LogP contribution in [0.25, 0.3) is 11.1 Å². The zero-order valence-corrected chi connectivity index (χ0v) is 18.4. The van der Waals surface area contributed by atoms with Crippen LogP contribution in [0.1, 0.15) is 42.8 Å². The van der Waals surface area contributed by atoms with Gasteiger partial charge in [0, 0.05) is 36.4 Å². The average molecular weight is 431 g/mol. The Balaban J connectivity index is 1.39. The molecule has 3 aromatic rings. The molecule has 1 aromatic heterocycles. The van der Waals surface area contributed by atoms with Gasteiger partial charge in [0.05, 0.1) is 13.6 Å². The van der Waals surface area contributed by atoms with Gasteiger partial charge >= 0.3 is 5.97 Å². The lowest BCUT2D eigenvalue weighted by Crippen LogP contribution is -2.52. The van der Waals surface area contributed by atoms with E-state index in [1.54, 1.807) is 24.5 Å². The smallest absolute Gasteiger partial charge is 0.347 e.